The Morgan fingerprint density at radius 1 is 0.871 bits per heavy atom. The Morgan fingerprint density at radius 3 is 2.52 bits per heavy atom. The molecule has 5 aromatic rings. The molecular weight excluding hydrogens is 376 g/mol. The summed E-state index contributed by atoms with van der Waals surface area (Å²) in [6, 6.07) is 33.9. The molecule has 2 nitrogen and oxygen atoms in total. The summed E-state index contributed by atoms with van der Waals surface area (Å²) in [6.07, 6.45) is 4.17. The maximum Gasteiger partial charge on any atom is 0.0998 e. The van der Waals surface area contributed by atoms with Gasteiger partial charge in [-0.05, 0) is 47.0 Å². The lowest BCUT2D eigenvalue weighted by molar-refractivity contribution is 0.835. The van der Waals surface area contributed by atoms with E-state index in [-0.39, 0.29) is 0 Å². The van der Waals surface area contributed by atoms with Crippen LogP contribution in [0.15, 0.2) is 97.2 Å². The first kappa shape index (κ1) is 18.9. The number of nitriles is 1. The van der Waals surface area contributed by atoms with Crippen LogP contribution in [-0.4, -0.2) is 4.57 Å². The number of fused-ring (bicyclic) bond motifs is 2. The first-order valence-corrected chi connectivity index (χ1v) is 10.5. The number of allylic oxidation sites excluding steroid dienone is 1. The highest BCUT2D eigenvalue weighted by atomic mass is 15.0. The van der Waals surface area contributed by atoms with E-state index in [4.69, 9.17) is 0 Å². The van der Waals surface area contributed by atoms with Gasteiger partial charge in [0, 0.05) is 29.2 Å². The van der Waals surface area contributed by atoms with Crippen LogP contribution in [0.3, 0.4) is 0 Å². The van der Waals surface area contributed by atoms with Gasteiger partial charge in [0.25, 0.3) is 0 Å². The fourth-order valence-electron chi connectivity index (χ4n) is 4.22. The number of hydrogen-bond acceptors (Lipinski definition) is 1. The third kappa shape index (κ3) is 3.74. The van der Waals surface area contributed by atoms with Crippen molar-refractivity contribution in [1.82, 2.24) is 4.57 Å². The molecule has 0 fully saturated rings. The number of nitrogens with zero attached hydrogens (tertiary/aromatic N) is 2. The Bertz CT molecular complexity index is 1480. The van der Waals surface area contributed by atoms with Gasteiger partial charge in [0.05, 0.1) is 11.6 Å². The smallest absolute Gasteiger partial charge is 0.0998 e. The minimum atomic E-state index is 0.671. The van der Waals surface area contributed by atoms with Crippen LogP contribution in [0, 0.1) is 18.3 Å². The second kappa shape index (κ2) is 7.97. The van der Waals surface area contributed by atoms with Gasteiger partial charge in [-0.2, -0.15) is 5.26 Å². The van der Waals surface area contributed by atoms with E-state index in [0.29, 0.717) is 5.57 Å². The number of benzene rings is 4. The van der Waals surface area contributed by atoms with E-state index in [0.717, 1.165) is 28.4 Å². The Hall–Kier alpha value is -4.09. The van der Waals surface area contributed by atoms with Crippen molar-refractivity contribution in [2.45, 2.75) is 13.5 Å². The van der Waals surface area contributed by atoms with Gasteiger partial charge in [0.2, 0.25) is 0 Å². The minimum Gasteiger partial charge on any atom is -0.342 e. The van der Waals surface area contributed by atoms with Gasteiger partial charge in [-0.15, -0.1) is 0 Å². The minimum absolute atomic E-state index is 0.671. The number of aryl methyl sites for hydroxylation is 1. The van der Waals surface area contributed by atoms with Gasteiger partial charge in [-0.25, -0.2) is 0 Å². The summed E-state index contributed by atoms with van der Waals surface area (Å²) in [5.74, 6) is 0. The van der Waals surface area contributed by atoms with Gasteiger partial charge in [-0.1, -0.05) is 84.4 Å². The summed E-state index contributed by atoms with van der Waals surface area (Å²) in [5.41, 5.74) is 6.38. The lowest BCUT2D eigenvalue weighted by Crippen LogP contribution is -1.97. The molecule has 1 heterocycles. The van der Waals surface area contributed by atoms with E-state index >= 15 is 0 Å². The highest BCUT2D eigenvalue weighted by Crippen LogP contribution is 2.28. The fraction of sp³-hybridized carbons (Fsp3) is 0.0690. The van der Waals surface area contributed by atoms with Crippen molar-refractivity contribution in [3.05, 3.63) is 119 Å². The largest absolute Gasteiger partial charge is 0.342 e. The average Bonchev–Trinajstić information content (AvgIpc) is 3.14. The number of para-hydroxylation sites is 1. The Labute approximate surface area is 182 Å². The zero-order valence-electron chi connectivity index (χ0n) is 17.4. The van der Waals surface area contributed by atoms with Crippen molar-refractivity contribution in [3.63, 3.8) is 0 Å². The van der Waals surface area contributed by atoms with Gasteiger partial charge < -0.3 is 4.57 Å². The summed E-state index contributed by atoms with van der Waals surface area (Å²) < 4.78 is 2.27. The van der Waals surface area contributed by atoms with Crippen LogP contribution in [0.5, 0.6) is 0 Å². The predicted octanol–water partition coefficient (Wildman–Crippen LogP) is 7.22. The molecule has 0 atom stereocenters. The molecule has 0 bridgehead atoms. The standard InChI is InChI=1S/C29H22N2/c1-21-7-6-8-22(15-21)19-31-20-27(28-11-4-5-12-29(28)31)17-26(18-30)25-14-13-23-9-2-3-10-24(23)16-25/h2-17,20H,19H2,1H3/b26-17-. The summed E-state index contributed by atoms with van der Waals surface area (Å²) in [6.45, 7) is 2.92. The summed E-state index contributed by atoms with van der Waals surface area (Å²) in [4.78, 5) is 0. The van der Waals surface area contributed by atoms with Crippen LogP contribution in [0.1, 0.15) is 22.3 Å². The maximum absolute atomic E-state index is 9.93. The van der Waals surface area contributed by atoms with E-state index in [1.165, 1.54) is 22.0 Å². The molecule has 1 aromatic heterocycles. The highest BCUT2D eigenvalue weighted by molar-refractivity contribution is 5.99. The second-order valence-corrected chi connectivity index (χ2v) is 7.95. The lowest BCUT2D eigenvalue weighted by atomic mass is 10.00. The first-order valence-electron chi connectivity index (χ1n) is 10.5. The molecule has 0 aliphatic carbocycles. The van der Waals surface area contributed by atoms with E-state index in [9.17, 15) is 5.26 Å². The molecule has 0 saturated heterocycles. The molecule has 0 aliphatic heterocycles. The van der Waals surface area contributed by atoms with Gasteiger partial charge in [0.1, 0.15) is 0 Å². The molecule has 0 aliphatic rings. The zero-order valence-corrected chi connectivity index (χ0v) is 17.4. The van der Waals surface area contributed by atoms with Gasteiger partial charge in [-0.3, -0.25) is 0 Å². The zero-order chi connectivity index (χ0) is 21.2. The van der Waals surface area contributed by atoms with Crippen molar-refractivity contribution >= 4 is 33.3 Å². The second-order valence-electron chi connectivity index (χ2n) is 7.95. The van der Waals surface area contributed by atoms with Crippen molar-refractivity contribution in [2.24, 2.45) is 0 Å². The van der Waals surface area contributed by atoms with Crippen molar-refractivity contribution in [3.8, 4) is 6.07 Å². The van der Waals surface area contributed by atoms with E-state index in [1.807, 2.05) is 24.3 Å². The molecule has 2 heteroatoms. The maximum atomic E-state index is 9.93. The van der Waals surface area contributed by atoms with E-state index in [1.54, 1.807) is 0 Å². The molecule has 0 saturated carbocycles. The summed E-state index contributed by atoms with van der Waals surface area (Å²) >= 11 is 0. The first-order chi connectivity index (χ1) is 15.2. The lowest BCUT2D eigenvalue weighted by Gasteiger charge is -2.06. The normalized spacial score (nSPS) is 11.7. The molecular formula is C29H22N2. The molecule has 31 heavy (non-hydrogen) atoms. The van der Waals surface area contributed by atoms with Gasteiger partial charge >= 0.3 is 0 Å². The van der Waals surface area contributed by atoms with Crippen molar-refractivity contribution < 1.29 is 0 Å². The van der Waals surface area contributed by atoms with Crippen LogP contribution >= 0.6 is 0 Å². The van der Waals surface area contributed by atoms with Crippen LogP contribution in [0.2, 0.25) is 0 Å². The van der Waals surface area contributed by atoms with Crippen LogP contribution in [0.25, 0.3) is 33.3 Å². The number of rotatable bonds is 4. The topological polar surface area (TPSA) is 28.7 Å². The summed E-state index contributed by atoms with van der Waals surface area (Å²) in [7, 11) is 0. The fourth-order valence-corrected chi connectivity index (χ4v) is 4.22. The monoisotopic (exact) mass is 398 g/mol. The molecule has 0 N–H and O–H groups in total. The quantitative estimate of drug-likeness (QED) is 0.294. The Kier molecular flexibility index (Phi) is 4.86. The molecule has 148 valence electrons. The molecule has 0 radical (unpaired) electrons. The Balaban J connectivity index is 1.60. The van der Waals surface area contributed by atoms with Crippen molar-refractivity contribution in [1.29, 1.82) is 5.26 Å². The number of hydrogen-bond donors (Lipinski definition) is 0. The van der Waals surface area contributed by atoms with Crippen molar-refractivity contribution in [2.75, 3.05) is 0 Å². The molecule has 0 spiro atoms. The van der Waals surface area contributed by atoms with Crippen LogP contribution in [0.4, 0.5) is 0 Å². The van der Waals surface area contributed by atoms with E-state index < -0.39 is 0 Å². The average molecular weight is 399 g/mol. The highest BCUT2D eigenvalue weighted by Gasteiger charge is 2.10. The van der Waals surface area contributed by atoms with Gasteiger partial charge in [0.15, 0.2) is 0 Å². The molecule has 4 aromatic carbocycles. The summed E-state index contributed by atoms with van der Waals surface area (Å²) in [5, 5.41) is 13.4. The number of aromatic nitrogens is 1. The van der Waals surface area contributed by atoms with E-state index in [2.05, 4.69) is 96.6 Å². The molecule has 0 unspecified atom stereocenters. The van der Waals surface area contributed by atoms with Crippen LogP contribution < -0.4 is 0 Å². The molecule has 0 amide bonds. The Morgan fingerprint density at radius 2 is 1.68 bits per heavy atom. The third-order valence-corrected chi connectivity index (χ3v) is 5.74. The van der Waals surface area contributed by atoms with Crippen LogP contribution in [-0.2, 0) is 6.54 Å². The predicted molar refractivity (Wildman–Crippen MR) is 130 cm³/mol. The third-order valence-electron chi connectivity index (χ3n) is 5.74. The molecule has 5 rings (SSSR count). The SMILES string of the molecule is Cc1cccc(Cn2cc(/C=C(/C#N)c3ccc4ccccc4c3)c3ccccc32)c1.